The molecule has 176 valence electrons. The van der Waals surface area contributed by atoms with Crippen molar-refractivity contribution >= 4 is 27.5 Å². The summed E-state index contributed by atoms with van der Waals surface area (Å²) < 4.78 is 33.0. The van der Waals surface area contributed by atoms with Gasteiger partial charge in [-0.3, -0.25) is 4.79 Å². The number of aryl methyl sites for hydroxylation is 2. The highest BCUT2D eigenvalue weighted by molar-refractivity contribution is 7.95. The van der Waals surface area contributed by atoms with Gasteiger partial charge in [0.05, 0.1) is 18.0 Å². The molecule has 33 heavy (non-hydrogen) atoms. The Morgan fingerprint density at radius 3 is 2.82 bits per heavy atom. The lowest BCUT2D eigenvalue weighted by Gasteiger charge is -2.38. The SMILES string of the molecule is Cc1noc(C)c1[S+](=O)([O-])N1CCCC(C(=O)N2CCCC(c3nc4ncccc4[nH]3)C2)C1. The minimum absolute atomic E-state index is 0.0209. The summed E-state index contributed by atoms with van der Waals surface area (Å²) in [6.07, 6.45) is 4.87. The Morgan fingerprint density at radius 1 is 1.24 bits per heavy atom. The van der Waals surface area contributed by atoms with Crippen molar-refractivity contribution in [1.29, 1.82) is 0 Å². The van der Waals surface area contributed by atoms with Gasteiger partial charge in [-0.15, -0.1) is 4.31 Å². The van der Waals surface area contributed by atoms with Gasteiger partial charge < -0.3 is 19.0 Å². The fourth-order valence-corrected chi connectivity index (χ4v) is 6.86. The van der Waals surface area contributed by atoms with Gasteiger partial charge in [-0.05, 0) is 44.7 Å². The van der Waals surface area contributed by atoms with Crippen LogP contribution in [0, 0.1) is 19.8 Å². The standard InChI is InChI=1S/C22H28N6O4S/c1-14-19(15(2)32-26-14)33(30,31)28-11-5-7-17(13-28)22(29)27-10-4-6-16(12-27)20-24-18-8-3-9-23-21(18)25-20/h3,8-9,16-17H,4-7,10-13H2,1-2H3,(H-,23,24,25,30,31). The van der Waals surface area contributed by atoms with Gasteiger partial charge in [0.15, 0.2) is 21.8 Å². The lowest BCUT2D eigenvalue weighted by Crippen LogP contribution is -2.50. The lowest BCUT2D eigenvalue weighted by molar-refractivity contribution is -0.138. The zero-order valence-electron chi connectivity index (χ0n) is 18.8. The summed E-state index contributed by atoms with van der Waals surface area (Å²) in [5, 5.41) is 3.79. The second kappa shape index (κ2) is 8.62. The normalized spacial score (nSPS) is 24.2. The molecule has 0 spiro atoms. The third-order valence-corrected chi connectivity index (χ3v) is 8.80. The number of aromatic nitrogens is 4. The number of piperidine rings is 2. The molecule has 3 unspecified atom stereocenters. The van der Waals surface area contributed by atoms with Gasteiger partial charge in [0, 0.05) is 38.7 Å². The molecule has 5 rings (SSSR count). The molecule has 3 aromatic rings. The van der Waals surface area contributed by atoms with Crippen LogP contribution < -0.4 is 0 Å². The largest absolute Gasteiger partial charge is 0.593 e. The average Bonchev–Trinajstić information content (AvgIpc) is 3.41. The summed E-state index contributed by atoms with van der Waals surface area (Å²) in [7, 11) is -3.76. The number of nitrogens with zero attached hydrogens (tertiary/aromatic N) is 5. The van der Waals surface area contributed by atoms with Crippen molar-refractivity contribution in [3.63, 3.8) is 0 Å². The lowest BCUT2D eigenvalue weighted by atomic mass is 9.93. The maximum atomic E-state index is 13.4. The Morgan fingerprint density at radius 2 is 2.06 bits per heavy atom. The van der Waals surface area contributed by atoms with Gasteiger partial charge in [-0.25, -0.2) is 9.97 Å². The fraction of sp³-hybridized carbons (Fsp3) is 0.545. The number of likely N-dealkylation sites (tertiary alicyclic amines) is 1. The van der Waals surface area contributed by atoms with Crippen molar-refractivity contribution in [1.82, 2.24) is 29.3 Å². The Bertz CT molecular complexity index is 1170. The van der Waals surface area contributed by atoms with Crippen molar-refractivity contribution < 1.29 is 18.1 Å². The number of aromatic amines is 1. The van der Waals surface area contributed by atoms with E-state index in [2.05, 4.69) is 20.1 Å². The Balaban J connectivity index is 1.30. The number of pyridine rings is 1. The summed E-state index contributed by atoms with van der Waals surface area (Å²) in [6, 6.07) is 3.81. The molecule has 0 aliphatic carbocycles. The van der Waals surface area contributed by atoms with Crippen LogP contribution in [0.15, 0.2) is 27.7 Å². The summed E-state index contributed by atoms with van der Waals surface area (Å²) >= 11 is 0. The summed E-state index contributed by atoms with van der Waals surface area (Å²) in [6.45, 7) is 5.05. The molecular weight excluding hydrogens is 444 g/mol. The number of carbonyl (C=O) groups is 1. The molecule has 1 N–H and O–H groups in total. The van der Waals surface area contributed by atoms with Crippen LogP contribution in [0.3, 0.4) is 0 Å². The van der Waals surface area contributed by atoms with Crippen molar-refractivity contribution in [2.75, 3.05) is 26.2 Å². The number of carbonyl (C=O) groups excluding carboxylic acids is 1. The predicted molar refractivity (Wildman–Crippen MR) is 120 cm³/mol. The molecule has 0 aromatic carbocycles. The van der Waals surface area contributed by atoms with Crippen LogP contribution in [-0.2, 0) is 19.4 Å². The minimum atomic E-state index is -3.76. The molecule has 2 aliphatic heterocycles. The fourth-order valence-electron chi connectivity index (χ4n) is 5.05. The highest BCUT2D eigenvalue weighted by Gasteiger charge is 2.42. The third-order valence-electron chi connectivity index (χ3n) is 6.69. The number of nitrogens with one attached hydrogen (secondary N) is 1. The van der Waals surface area contributed by atoms with E-state index in [1.165, 1.54) is 4.31 Å². The Labute approximate surface area is 193 Å². The molecule has 5 heterocycles. The van der Waals surface area contributed by atoms with Crippen molar-refractivity contribution in [3.05, 3.63) is 35.6 Å². The number of imidazole rings is 1. The van der Waals surface area contributed by atoms with Crippen LogP contribution in [-0.4, -0.2) is 66.0 Å². The number of rotatable bonds is 4. The molecular formula is C22H28N6O4S. The molecule has 1 amide bonds. The van der Waals surface area contributed by atoms with Gasteiger partial charge in [0.25, 0.3) is 0 Å². The molecule has 10 nitrogen and oxygen atoms in total. The Kier molecular flexibility index (Phi) is 5.79. The smallest absolute Gasteiger partial charge is 0.240 e. The molecule has 3 aromatic heterocycles. The summed E-state index contributed by atoms with van der Waals surface area (Å²) in [5.41, 5.74) is 1.92. The highest BCUT2D eigenvalue weighted by atomic mass is 32.3. The van der Waals surface area contributed by atoms with E-state index < -0.39 is 10.4 Å². The summed E-state index contributed by atoms with van der Waals surface area (Å²) in [4.78, 5) is 27.7. The molecule has 0 bridgehead atoms. The van der Waals surface area contributed by atoms with E-state index >= 15 is 0 Å². The van der Waals surface area contributed by atoms with Crippen LogP contribution in [0.2, 0.25) is 0 Å². The van der Waals surface area contributed by atoms with Crippen LogP contribution in [0.5, 0.6) is 0 Å². The van der Waals surface area contributed by atoms with E-state index in [1.807, 2.05) is 17.0 Å². The molecule has 0 radical (unpaired) electrons. The van der Waals surface area contributed by atoms with Crippen molar-refractivity contribution in [2.24, 2.45) is 5.92 Å². The third kappa shape index (κ3) is 4.09. The maximum absolute atomic E-state index is 13.4. The molecule has 2 fully saturated rings. The van der Waals surface area contributed by atoms with E-state index in [0.29, 0.717) is 43.8 Å². The van der Waals surface area contributed by atoms with Crippen molar-refractivity contribution in [2.45, 2.75) is 50.3 Å². The van der Waals surface area contributed by atoms with E-state index in [9.17, 15) is 13.6 Å². The van der Waals surface area contributed by atoms with Gasteiger partial charge in [-0.1, -0.05) is 9.37 Å². The zero-order valence-corrected chi connectivity index (χ0v) is 19.6. The van der Waals surface area contributed by atoms with Gasteiger partial charge >= 0.3 is 0 Å². The second-order valence-electron chi connectivity index (χ2n) is 8.98. The maximum Gasteiger partial charge on any atom is 0.240 e. The van der Waals surface area contributed by atoms with Crippen LogP contribution in [0.1, 0.15) is 48.9 Å². The van der Waals surface area contributed by atoms with Gasteiger partial charge in [0.1, 0.15) is 11.5 Å². The number of hydrogen-bond acceptors (Lipinski definition) is 7. The first-order chi connectivity index (χ1) is 15.8. The second-order valence-corrected chi connectivity index (χ2v) is 10.9. The monoisotopic (exact) mass is 472 g/mol. The number of sulfonamides is 1. The first kappa shape index (κ1) is 22.2. The van der Waals surface area contributed by atoms with E-state index in [-0.39, 0.29) is 34.9 Å². The van der Waals surface area contributed by atoms with Gasteiger partial charge in [-0.2, -0.15) is 0 Å². The van der Waals surface area contributed by atoms with Crippen LogP contribution in [0.25, 0.3) is 11.2 Å². The summed E-state index contributed by atoms with van der Waals surface area (Å²) in [5.74, 6) is 0.910. The van der Waals surface area contributed by atoms with Crippen molar-refractivity contribution in [3.8, 4) is 0 Å². The molecule has 0 saturated carbocycles. The molecule has 3 atom stereocenters. The minimum Gasteiger partial charge on any atom is -0.593 e. The first-order valence-corrected chi connectivity index (χ1v) is 12.8. The van der Waals surface area contributed by atoms with E-state index in [4.69, 9.17) is 4.52 Å². The number of H-pyrrole nitrogens is 1. The highest BCUT2D eigenvalue weighted by Crippen LogP contribution is 2.33. The first-order valence-electron chi connectivity index (χ1n) is 11.4. The average molecular weight is 473 g/mol. The topological polar surface area (TPSA) is 131 Å². The number of amides is 1. The molecule has 2 aliphatic rings. The predicted octanol–water partition coefficient (Wildman–Crippen LogP) is 2.58. The number of hydrogen-bond donors (Lipinski definition) is 1. The van der Waals surface area contributed by atoms with E-state index in [1.54, 1.807) is 20.0 Å². The zero-order chi connectivity index (χ0) is 23.2. The van der Waals surface area contributed by atoms with Crippen LogP contribution >= 0.6 is 0 Å². The number of fused-ring (bicyclic) bond motifs is 1. The van der Waals surface area contributed by atoms with E-state index in [0.717, 1.165) is 24.2 Å². The quantitative estimate of drug-likeness (QED) is 0.577. The molecule has 11 heteroatoms. The Hall–Kier alpha value is -2.63. The molecule has 2 saturated heterocycles. The van der Waals surface area contributed by atoms with Crippen LogP contribution in [0.4, 0.5) is 0 Å². The van der Waals surface area contributed by atoms with Gasteiger partial charge in [0.2, 0.25) is 10.8 Å².